The van der Waals surface area contributed by atoms with E-state index in [4.69, 9.17) is 23.2 Å². The summed E-state index contributed by atoms with van der Waals surface area (Å²) in [7, 11) is 0. The summed E-state index contributed by atoms with van der Waals surface area (Å²) in [6.45, 7) is 3.31. The van der Waals surface area contributed by atoms with E-state index in [1.807, 2.05) is 4.57 Å². The van der Waals surface area contributed by atoms with E-state index in [2.05, 4.69) is 16.4 Å². The number of nitrogens with zero attached hydrogens (tertiary/aromatic N) is 4. The Labute approximate surface area is 278 Å². The molecule has 4 aromatic rings. The van der Waals surface area contributed by atoms with Crippen LogP contribution in [0.4, 0.5) is 13.6 Å². The third kappa shape index (κ3) is 4.83. The first-order chi connectivity index (χ1) is 22.4. The van der Waals surface area contributed by atoms with Gasteiger partial charge in [-0.05, 0) is 56.4 Å². The van der Waals surface area contributed by atoms with Gasteiger partial charge in [0, 0.05) is 53.4 Å². The van der Waals surface area contributed by atoms with Crippen molar-refractivity contribution in [3.05, 3.63) is 63.1 Å². The minimum atomic E-state index is -1.93. The van der Waals surface area contributed by atoms with Crippen molar-refractivity contribution in [1.29, 1.82) is 5.26 Å². The van der Waals surface area contributed by atoms with Gasteiger partial charge < -0.3 is 19.9 Å². The molecule has 2 amide bonds. The Morgan fingerprint density at radius 2 is 1.98 bits per heavy atom. The Hall–Kier alpha value is -4.27. The maximum absolute atomic E-state index is 17.0. The van der Waals surface area contributed by atoms with Crippen molar-refractivity contribution < 1.29 is 28.3 Å². The van der Waals surface area contributed by atoms with Crippen LogP contribution in [-0.2, 0) is 11.2 Å². The molecule has 2 bridgehead atoms. The first-order valence-corrected chi connectivity index (χ1v) is 16.1. The summed E-state index contributed by atoms with van der Waals surface area (Å²) in [5, 5.41) is 23.2. The monoisotopic (exact) mass is 679 g/mol. The fourth-order valence-corrected chi connectivity index (χ4v) is 7.78. The van der Waals surface area contributed by atoms with Crippen molar-refractivity contribution in [2.45, 2.75) is 69.7 Å². The number of benzene rings is 2. The number of Topliss-reactive ketones (excluding diaryl/α,β-unsaturated/α-hetero) is 1. The van der Waals surface area contributed by atoms with Gasteiger partial charge in [-0.25, -0.2) is 18.6 Å². The summed E-state index contributed by atoms with van der Waals surface area (Å²) in [5.41, 5.74) is -0.211. The van der Waals surface area contributed by atoms with Crippen LogP contribution < -0.4 is 5.32 Å². The molecule has 8 rings (SSSR count). The van der Waals surface area contributed by atoms with E-state index in [-0.39, 0.29) is 58.4 Å². The van der Waals surface area contributed by atoms with Crippen LogP contribution in [0.15, 0.2) is 30.3 Å². The number of alkyl halides is 1. The number of aromatic nitrogens is 2. The largest absolute Gasteiger partial charge is 0.465 e. The molecule has 4 aliphatic rings. The lowest BCUT2D eigenvalue weighted by Crippen LogP contribution is -2.43. The molecule has 4 atom stereocenters. The van der Waals surface area contributed by atoms with Crippen LogP contribution in [-0.4, -0.2) is 55.6 Å². The van der Waals surface area contributed by atoms with E-state index in [0.717, 1.165) is 0 Å². The molecule has 9 nitrogen and oxygen atoms in total. The van der Waals surface area contributed by atoms with Crippen LogP contribution in [0.1, 0.15) is 73.4 Å². The van der Waals surface area contributed by atoms with E-state index in [1.165, 1.54) is 11.8 Å². The Morgan fingerprint density at radius 1 is 1.23 bits per heavy atom. The number of pyridine rings is 1. The highest BCUT2D eigenvalue weighted by molar-refractivity contribution is 6.43. The molecule has 2 saturated carbocycles. The average Bonchev–Trinajstić information content (AvgIpc) is 3.33. The molecule has 2 N–H and O–H groups in total. The van der Waals surface area contributed by atoms with E-state index in [0.29, 0.717) is 46.1 Å². The molecular formula is C34H29Cl2F2N5O4. The minimum Gasteiger partial charge on any atom is -0.465 e. The standard InChI is InChI=1S/C34H29Cl2F2N5O4/c1-15(40-32(45)34(38)8-9-34)23-13-21-28(16(2)44)41-29-20(31(21)43(23)30-18-12-24(30)42(14-18)33(46)47)11-17(5-4-10-39)25(27(29)37)19-6-3-7-22(35)26(19)36/h3,6-7,11,13,15,18,24,30H,4-5,8-9,12,14H2,1-2H3,(H,40,45)(H,46,47)/t15-,18-,24-,30+/m1/s1. The van der Waals surface area contributed by atoms with Gasteiger partial charge in [-0.1, -0.05) is 35.3 Å². The number of rotatable bonds is 8. The van der Waals surface area contributed by atoms with Crippen molar-refractivity contribution in [1.82, 2.24) is 19.8 Å². The van der Waals surface area contributed by atoms with Gasteiger partial charge in [-0.3, -0.25) is 9.59 Å². The molecule has 47 heavy (non-hydrogen) atoms. The lowest BCUT2D eigenvalue weighted by Gasteiger charge is -2.39. The van der Waals surface area contributed by atoms with Gasteiger partial charge in [0.05, 0.1) is 39.8 Å². The van der Waals surface area contributed by atoms with Gasteiger partial charge in [0.1, 0.15) is 11.2 Å². The van der Waals surface area contributed by atoms with Gasteiger partial charge in [0.25, 0.3) is 5.91 Å². The topological polar surface area (TPSA) is 128 Å². The number of hydrogen-bond acceptors (Lipinski definition) is 5. The second kappa shape index (κ2) is 11.2. The van der Waals surface area contributed by atoms with Crippen LogP contribution in [0.3, 0.4) is 0 Å². The Morgan fingerprint density at radius 3 is 2.62 bits per heavy atom. The van der Waals surface area contributed by atoms with Crippen molar-refractivity contribution in [2.75, 3.05) is 6.54 Å². The molecule has 0 spiro atoms. The summed E-state index contributed by atoms with van der Waals surface area (Å²) in [5.74, 6) is -2.01. The molecule has 2 aromatic carbocycles. The second-order valence-electron chi connectivity index (χ2n) is 12.7. The molecule has 242 valence electrons. The van der Waals surface area contributed by atoms with Crippen molar-refractivity contribution in [2.24, 2.45) is 5.92 Å². The zero-order valence-corrected chi connectivity index (χ0v) is 26.9. The molecule has 0 radical (unpaired) electrons. The number of carbonyl (C=O) groups excluding carboxylic acids is 2. The van der Waals surface area contributed by atoms with Crippen LogP contribution in [0, 0.1) is 23.1 Å². The number of carboxylic acid groups (broad SMARTS) is 1. The molecule has 2 saturated heterocycles. The first-order valence-electron chi connectivity index (χ1n) is 15.4. The molecule has 2 aromatic heterocycles. The number of aryl methyl sites for hydroxylation is 1. The molecule has 2 aliphatic heterocycles. The highest BCUT2D eigenvalue weighted by Crippen LogP contribution is 2.53. The quantitative estimate of drug-likeness (QED) is 0.185. The van der Waals surface area contributed by atoms with E-state index >= 15 is 4.39 Å². The minimum absolute atomic E-state index is 0.0104. The van der Waals surface area contributed by atoms with Crippen LogP contribution in [0.25, 0.3) is 32.9 Å². The van der Waals surface area contributed by atoms with E-state index in [1.54, 1.807) is 37.3 Å². The predicted molar refractivity (Wildman–Crippen MR) is 172 cm³/mol. The van der Waals surface area contributed by atoms with Gasteiger partial charge in [0.2, 0.25) is 0 Å². The number of halogens is 4. The zero-order valence-electron chi connectivity index (χ0n) is 25.4. The number of carbonyl (C=O) groups is 3. The first kappa shape index (κ1) is 31.3. The average molecular weight is 681 g/mol. The fraction of sp³-hybridized carbons (Fsp3) is 0.382. The van der Waals surface area contributed by atoms with Gasteiger partial charge in [0.15, 0.2) is 17.3 Å². The normalized spacial score (nSPS) is 21.4. The van der Waals surface area contributed by atoms with Gasteiger partial charge in [-0.15, -0.1) is 0 Å². The Kier molecular flexibility index (Phi) is 7.45. The van der Waals surface area contributed by atoms with Gasteiger partial charge in [-0.2, -0.15) is 5.26 Å². The summed E-state index contributed by atoms with van der Waals surface area (Å²) >= 11 is 12.9. The zero-order chi connectivity index (χ0) is 33.5. The van der Waals surface area contributed by atoms with Crippen LogP contribution >= 0.6 is 23.2 Å². The predicted octanol–water partition coefficient (Wildman–Crippen LogP) is 7.56. The lowest BCUT2D eigenvalue weighted by molar-refractivity contribution is -0.128. The maximum Gasteiger partial charge on any atom is 0.407 e. The third-order valence-corrected chi connectivity index (χ3v) is 10.7. The summed E-state index contributed by atoms with van der Waals surface area (Å²) in [6.07, 6.45) is 0.0441. The molecule has 4 fully saturated rings. The third-order valence-electron chi connectivity index (χ3n) is 9.87. The number of amides is 2. The second-order valence-corrected chi connectivity index (χ2v) is 13.5. The summed E-state index contributed by atoms with van der Waals surface area (Å²) in [6, 6.07) is 8.84. The van der Waals surface area contributed by atoms with Crippen LogP contribution in [0.5, 0.6) is 0 Å². The summed E-state index contributed by atoms with van der Waals surface area (Å²) in [4.78, 5) is 44.0. The Balaban J connectivity index is 1.55. The van der Waals surface area contributed by atoms with Crippen LogP contribution in [0.2, 0.25) is 10.0 Å². The highest BCUT2D eigenvalue weighted by Gasteiger charge is 2.56. The number of hydrogen-bond donors (Lipinski definition) is 2. The molecule has 2 aliphatic carbocycles. The fourth-order valence-electron chi connectivity index (χ4n) is 7.38. The highest BCUT2D eigenvalue weighted by atomic mass is 35.5. The number of ketones is 1. The maximum atomic E-state index is 17.0. The SMILES string of the molecule is CC(=O)c1nc2c(F)c(-c3cccc(Cl)c3Cl)c(CCC#N)cc2c2c1cc([C@@H](C)NC(=O)C1(F)CC1)n2[C@H]1[C@@H]2C[C@H]1N(C(=O)O)C2. The van der Waals surface area contributed by atoms with E-state index < -0.39 is 47.4 Å². The van der Waals surface area contributed by atoms with Gasteiger partial charge >= 0.3 is 6.09 Å². The number of fused-ring (bicyclic) bond motifs is 4. The molecule has 13 heteroatoms. The lowest BCUT2D eigenvalue weighted by atomic mass is 9.79. The van der Waals surface area contributed by atoms with Crippen molar-refractivity contribution in [3.63, 3.8) is 0 Å². The molecule has 4 heterocycles. The summed E-state index contributed by atoms with van der Waals surface area (Å²) < 4.78 is 33.7. The van der Waals surface area contributed by atoms with Crippen molar-refractivity contribution in [3.8, 4) is 17.2 Å². The van der Waals surface area contributed by atoms with E-state index in [9.17, 15) is 29.1 Å². The molecule has 0 unspecified atom stereocenters. The van der Waals surface area contributed by atoms with Crippen molar-refractivity contribution >= 4 is 62.8 Å². The number of nitrogens with one attached hydrogen (secondary N) is 1. The molecular weight excluding hydrogens is 651 g/mol. The smallest absolute Gasteiger partial charge is 0.407 e. The Bertz CT molecular complexity index is 2090. The number of nitriles is 1.